The van der Waals surface area contributed by atoms with Crippen LogP contribution in [0.5, 0.6) is 0 Å². The van der Waals surface area contributed by atoms with Gasteiger partial charge in [0.1, 0.15) is 6.61 Å². The molecule has 2 aromatic rings. The van der Waals surface area contributed by atoms with Crippen molar-refractivity contribution in [2.24, 2.45) is 0 Å². The summed E-state index contributed by atoms with van der Waals surface area (Å²) in [6.45, 7) is 0.261. The number of ketones is 1. The summed E-state index contributed by atoms with van der Waals surface area (Å²) in [5.41, 5.74) is 1.23. The van der Waals surface area contributed by atoms with Gasteiger partial charge in [-0.25, -0.2) is 8.78 Å². The van der Waals surface area contributed by atoms with Gasteiger partial charge in [-0.3, -0.25) is 4.79 Å². The molecule has 0 amide bonds. The van der Waals surface area contributed by atoms with Crippen molar-refractivity contribution in [3.8, 4) is 0 Å². The molecule has 0 saturated carbocycles. The Balaban J connectivity index is 1.79. The van der Waals surface area contributed by atoms with Crippen LogP contribution >= 0.6 is 0 Å². The first kappa shape index (κ1) is 14.3. The molecule has 4 heteroatoms. The number of Topliss-reactive ketones (excluding diaryl/α,β-unsaturated/α-hetero) is 1. The van der Waals surface area contributed by atoms with Crippen LogP contribution in [0.15, 0.2) is 48.5 Å². The molecule has 0 fully saturated rings. The lowest BCUT2D eigenvalue weighted by atomic mass is 10.1. The van der Waals surface area contributed by atoms with E-state index in [-0.39, 0.29) is 18.0 Å². The van der Waals surface area contributed by atoms with Gasteiger partial charge in [0, 0.05) is 5.56 Å². The Morgan fingerprint density at radius 3 is 2.45 bits per heavy atom. The summed E-state index contributed by atoms with van der Waals surface area (Å²) < 4.78 is 31.0. The van der Waals surface area contributed by atoms with E-state index in [9.17, 15) is 13.6 Å². The number of ether oxygens (including phenoxy) is 1. The third-order valence-corrected chi connectivity index (χ3v) is 2.85. The van der Waals surface area contributed by atoms with Crippen LogP contribution in [0.3, 0.4) is 0 Å². The summed E-state index contributed by atoms with van der Waals surface area (Å²) in [6, 6.07) is 12.8. The van der Waals surface area contributed by atoms with E-state index in [1.165, 1.54) is 6.07 Å². The van der Waals surface area contributed by atoms with Gasteiger partial charge >= 0.3 is 0 Å². The third kappa shape index (κ3) is 3.96. The lowest BCUT2D eigenvalue weighted by Crippen LogP contribution is -2.11. The summed E-state index contributed by atoms with van der Waals surface area (Å²) in [4.78, 5) is 11.7. The summed E-state index contributed by atoms with van der Waals surface area (Å²) >= 11 is 0. The van der Waals surface area contributed by atoms with E-state index in [0.29, 0.717) is 13.0 Å². The number of benzene rings is 2. The minimum Gasteiger partial charge on any atom is -0.373 e. The topological polar surface area (TPSA) is 26.3 Å². The van der Waals surface area contributed by atoms with Crippen molar-refractivity contribution in [2.45, 2.75) is 6.42 Å². The molecule has 0 aromatic heterocycles. The largest absolute Gasteiger partial charge is 0.373 e. The summed E-state index contributed by atoms with van der Waals surface area (Å²) in [6.07, 6.45) is 0.700. The van der Waals surface area contributed by atoms with E-state index >= 15 is 0 Å². The van der Waals surface area contributed by atoms with Crippen molar-refractivity contribution >= 4 is 5.78 Å². The molecule has 0 bridgehead atoms. The second-order valence-electron chi connectivity index (χ2n) is 4.34. The Kier molecular flexibility index (Phi) is 4.96. The van der Waals surface area contributed by atoms with E-state index in [4.69, 9.17) is 4.74 Å². The molecule has 0 atom stereocenters. The average Bonchev–Trinajstić information content (AvgIpc) is 2.47. The first-order valence-electron chi connectivity index (χ1n) is 6.27. The smallest absolute Gasteiger partial charge is 0.188 e. The Labute approximate surface area is 116 Å². The predicted octanol–water partition coefficient (Wildman–Crippen LogP) is 3.41. The molecule has 0 aliphatic carbocycles. The van der Waals surface area contributed by atoms with Crippen LogP contribution in [0.25, 0.3) is 0 Å². The summed E-state index contributed by atoms with van der Waals surface area (Å²) in [5.74, 6) is -2.36. The molecule has 2 rings (SSSR count). The van der Waals surface area contributed by atoms with Crippen molar-refractivity contribution in [2.75, 3.05) is 13.2 Å². The quantitative estimate of drug-likeness (QED) is 0.597. The highest BCUT2D eigenvalue weighted by Crippen LogP contribution is 2.09. The Morgan fingerprint density at radius 1 is 1.00 bits per heavy atom. The van der Waals surface area contributed by atoms with Crippen molar-refractivity contribution < 1.29 is 18.3 Å². The van der Waals surface area contributed by atoms with E-state index in [2.05, 4.69) is 0 Å². The lowest BCUT2D eigenvalue weighted by Gasteiger charge is -2.04. The van der Waals surface area contributed by atoms with Gasteiger partial charge in [0.2, 0.25) is 0 Å². The SMILES string of the molecule is O=C(COCCc1ccccc1)c1ccc(F)c(F)c1. The van der Waals surface area contributed by atoms with E-state index in [1.807, 2.05) is 30.3 Å². The molecule has 2 aromatic carbocycles. The zero-order valence-electron chi connectivity index (χ0n) is 10.8. The average molecular weight is 276 g/mol. The van der Waals surface area contributed by atoms with Crippen LogP contribution in [-0.2, 0) is 11.2 Å². The highest BCUT2D eigenvalue weighted by molar-refractivity contribution is 5.97. The monoisotopic (exact) mass is 276 g/mol. The normalized spacial score (nSPS) is 10.5. The van der Waals surface area contributed by atoms with E-state index in [0.717, 1.165) is 17.7 Å². The molecule has 0 heterocycles. The van der Waals surface area contributed by atoms with E-state index < -0.39 is 11.6 Å². The number of rotatable bonds is 6. The molecule has 0 spiro atoms. The lowest BCUT2D eigenvalue weighted by molar-refractivity contribution is 0.0765. The fraction of sp³-hybridized carbons (Fsp3) is 0.188. The highest BCUT2D eigenvalue weighted by atomic mass is 19.2. The molecular formula is C16H14F2O2. The predicted molar refractivity (Wildman–Crippen MR) is 71.7 cm³/mol. The van der Waals surface area contributed by atoms with Crippen LogP contribution in [-0.4, -0.2) is 19.0 Å². The fourth-order valence-corrected chi connectivity index (χ4v) is 1.75. The minimum absolute atomic E-state index is 0.114. The van der Waals surface area contributed by atoms with Crippen LogP contribution < -0.4 is 0 Å². The second kappa shape index (κ2) is 6.91. The zero-order chi connectivity index (χ0) is 14.4. The maximum absolute atomic E-state index is 13.0. The van der Waals surface area contributed by atoms with E-state index in [1.54, 1.807) is 0 Å². The van der Waals surface area contributed by atoms with Crippen LogP contribution in [0.1, 0.15) is 15.9 Å². The summed E-state index contributed by atoms with van der Waals surface area (Å²) in [7, 11) is 0. The first-order valence-corrected chi connectivity index (χ1v) is 6.27. The molecular weight excluding hydrogens is 262 g/mol. The van der Waals surface area contributed by atoms with Gasteiger partial charge in [-0.05, 0) is 30.2 Å². The molecule has 0 radical (unpaired) electrons. The van der Waals surface area contributed by atoms with Crippen molar-refractivity contribution in [1.29, 1.82) is 0 Å². The van der Waals surface area contributed by atoms with Gasteiger partial charge in [0.15, 0.2) is 17.4 Å². The maximum atomic E-state index is 13.0. The van der Waals surface area contributed by atoms with Gasteiger partial charge in [-0.15, -0.1) is 0 Å². The maximum Gasteiger partial charge on any atom is 0.188 e. The van der Waals surface area contributed by atoms with Crippen molar-refractivity contribution in [1.82, 2.24) is 0 Å². The van der Waals surface area contributed by atoms with Gasteiger partial charge in [-0.1, -0.05) is 30.3 Å². The fourth-order valence-electron chi connectivity index (χ4n) is 1.75. The number of carbonyl (C=O) groups excluding carboxylic acids is 1. The second-order valence-corrected chi connectivity index (χ2v) is 4.34. The van der Waals surface area contributed by atoms with Crippen molar-refractivity contribution in [3.05, 3.63) is 71.3 Å². The molecule has 20 heavy (non-hydrogen) atoms. The Hall–Kier alpha value is -2.07. The third-order valence-electron chi connectivity index (χ3n) is 2.85. The Morgan fingerprint density at radius 2 is 1.75 bits per heavy atom. The Bertz CT molecular complexity index is 582. The minimum atomic E-state index is -1.03. The molecule has 0 N–H and O–H groups in total. The molecule has 0 aliphatic heterocycles. The van der Waals surface area contributed by atoms with Crippen LogP contribution in [0.4, 0.5) is 8.78 Å². The molecule has 0 unspecified atom stereocenters. The zero-order valence-corrected chi connectivity index (χ0v) is 10.8. The number of halogens is 2. The van der Waals surface area contributed by atoms with Gasteiger partial charge < -0.3 is 4.74 Å². The number of hydrogen-bond acceptors (Lipinski definition) is 2. The number of hydrogen-bond donors (Lipinski definition) is 0. The van der Waals surface area contributed by atoms with Gasteiger partial charge in [-0.2, -0.15) is 0 Å². The molecule has 0 aliphatic rings. The molecule has 0 saturated heterocycles. The molecule has 104 valence electrons. The standard InChI is InChI=1S/C16H14F2O2/c17-14-7-6-13(10-15(14)18)16(19)11-20-9-8-12-4-2-1-3-5-12/h1-7,10H,8-9,11H2. The van der Waals surface area contributed by atoms with Crippen LogP contribution in [0, 0.1) is 11.6 Å². The van der Waals surface area contributed by atoms with Crippen molar-refractivity contribution in [3.63, 3.8) is 0 Å². The van der Waals surface area contributed by atoms with Crippen LogP contribution in [0.2, 0.25) is 0 Å². The number of carbonyl (C=O) groups is 1. The van der Waals surface area contributed by atoms with Gasteiger partial charge in [0.05, 0.1) is 6.61 Å². The summed E-state index contributed by atoms with van der Waals surface area (Å²) in [5, 5.41) is 0. The highest BCUT2D eigenvalue weighted by Gasteiger charge is 2.09. The molecule has 2 nitrogen and oxygen atoms in total. The first-order chi connectivity index (χ1) is 9.66. The van der Waals surface area contributed by atoms with Gasteiger partial charge in [0.25, 0.3) is 0 Å².